The fourth-order valence-corrected chi connectivity index (χ4v) is 4.97. The van der Waals surface area contributed by atoms with Crippen molar-refractivity contribution >= 4 is 11.4 Å². The topological polar surface area (TPSA) is 12.0 Å². The number of anilines is 2. The van der Waals surface area contributed by atoms with E-state index in [0.717, 1.165) is 16.9 Å². The Labute approximate surface area is 189 Å². The van der Waals surface area contributed by atoms with Gasteiger partial charge in [0.1, 0.15) is 0 Å². The van der Waals surface area contributed by atoms with Gasteiger partial charge in [0.15, 0.2) is 0 Å². The molecule has 0 aliphatic heterocycles. The van der Waals surface area contributed by atoms with Gasteiger partial charge in [0.25, 0.3) is 0 Å². The molecule has 1 atom stereocenters. The van der Waals surface area contributed by atoms with Gasteiger partial charge in [0, 0.05) is 23.0 Å². The summed E-state index contributed by atoms with van der Waals surface area (Å²) < 4.78 is 0. The van der Waals surface area contributed by atoms with E-state index in [1.807, 2.05) is 24.3 Å². The van der Waals surface area contributed by atoms with Crippen LogP contribution >= 0.6 is 0 Å². The molecule has 0 bridgehead atoms. The Hall–Kier alpha value is -4.46. The lowest BCUT2D eigenvalue weighted by Gasteiger charge is -2.32. The van der Waals surface area contributed by atoms with E-state index in [1.54, 1.807) is 0 Å². The van der Waals surface area contributed by atoms with E-state index in [9.17, 15) is 0 Å². The highest BCUT2D eigenvalue weighted by atomic mass is 14.9. The molecule has 0 saturated heterocycles. The van der Waals surface area contributed by atoms with Crippen molar-refractivity contribution in [2.45, 2.75) is 5.41 Å². The molecule has 32 heavy (non-hydrogen) atoms. The van der Waals surface area contributed by atoms with Gasteiger partial charge in [-0.2, -0.15) is 0 Å². The second kappa shape index (κ2) is 7.35. The standard InChI is InChI=1S/C31H19N/c1-4-12-23(13-5-1)31(24-14-6-2-7-15-24)29-19-11-10-18-27(29)28-21-20-26(22-30(28)31)32-25-16-8-3-9-17-25/h1,3-5,8-14,16-22,32H/t31-/m1/s1. The summed E-state index contributed by atoms with van der Waals surface area (Å²) in [6, 6.07) is 50.7. The highest BCUT2D eigenvalue weighted by molar-refractivity contribution is 5.87. The van der Waals surface area contributed by atoms with Crippen molar-refractivity contribution in [3.8, 4) is 11.1 Å². The van der Waals surface area contributed by atoms with Crippen LogP contribution < -0.4 is 5.32 Å². The second-order valence-corrected chi connectivity index (χ2v) is 7.99. The molecule has 5 aromatic carbocycles. The first kappa shape index (κ1) is 18.3. The summed E-state index contributed by atoms with van der Waals surface area (Å²) in [5, 5.41) is 3.57. The van der Waals surface area contributed by atoms with Crippen LogP contribution in [-0.4, -0.2) is 0 Å². The lowest BCUT2D eigenvalue weighted by molar-refractivity contribution is 0.769. The molecular formula is C31H19N. The monoisotopic (exact) mass is 405 g/mol. The molecule has 0 radical (unpaired) electrons. The zero-order valence-electron chi connectivity index (χ0n) is 17.4. The van der Waals surface area contributed by atoms with Gasteiger partial charge in [-0.05, 0) is 64.2 Å². The lowest BCUT2D eigenvalue weighted by Crippen LogP contribution is -2.28. The van der Waals surface area contributed by atoms with Crippen LogP contribution in [0.5, 0.6) is 0 Å². The summed E-state index contributed by atoms with van der Waals surface area (Å²) >= 11 is 0. The number of hydrogen-bond acceptors (Lipinski definition) is 1. The van der Waals surface area contributed by atoms with Crippen molar-refractivity contribution in [3.05, 3.63) is 156 Å². The molecule has 1 nitrogen and oxygen atoms in total. The molecule has 5 aromatic rings. The lowest BCUT2D eigenvalue weighted by atomic mass is 9.68. The first-order chi connectivity index (χ1) is 15.9. The van der Waals surface area contributed by atoms with E-state index in [4.69, 9.17) is 0 Å². The third-order valence-corrected chi connectivity index (χ3v) is 6.27. The maximum atomic E-state index is 3.57. The molecule has 1 aliphatic rings. The SMILES string of the molecule is c1c#cc([C@]2(c3ccccc3)c3ccccc3-c3ccc(Nc4ccccc4)cc32)cc#1. The number of rotatable bonds is 4. The minimum atomic E-state index is -0.496. The largest absolute Gasteiger partial charge is 0.356 e. The Morgan fingerprint density at radius 1 is 0.594 bits per heavy atom. The first-order valence-corrected chi connectivity index (χ1v) is 10.7. The molecule has 0 heterocycles. The molecule has 0 spiro atoms. The van der Waals surface area contributed by atoms with E-state index in [2.05, 4.69) is 115 Å². The molecular weight excluding hydrogens is 386 g/mol. The predicted octanol–water partition coefficient (Wildman–Crippen LogP) is 6.99. The molecule has 0 aromatic heterocycles. The van der Waals surface area contributed by atoms with E-state index in [0.29, 0.717) is 0 Å². The maximum Gasteiger partial charge on any atom is 0.0799 e. The predicted molar refractivity (Wildman–Crippen MR) is 129 cm³/mol. The Morgan fingerprint density at radius 2 is 1.31 bits per heavy atom. The van der Waals surface area contributed by atoms with Crippen LogP contribution in [0, 0.1) is 24.3 Å². The molecule has 0 fully saturated rings. The summed E-state index contributed by atoms with van der Waals surface area (Å²) in [7, 11) is 0. The van der Waals surface area contributed by atoms with Crippen LogP contribution in [0.25, 0.3) is 11.1 Å². The number of hydrogen-bond donors (Lipinski definition) is 1. The minimum absolute atomic E-state index is 0.496. The van der Waals surface area contributed by atoms with E-state index >= 15 is 0 Å². The zero-order valence-corrected chi connectivity index (χ0v) is 17.4. The Balaban J connectivity index is 1.65. The maximum absolute atomic E-state index is 3.57. The second-order valence-electron chi connectivity index (χ2n) is 7.99. The Bertz CT molecular complexity index is 1330. The van der Waals surface area contributed by atoms with Gasteiger partial charge in [-0.1, -0.05) is 91.0 Å². The van der Waals surface area contributed by atoms with Crippen LogP contribution in [-0.2, 0) is 5.41 Å². The van der Waals surface area contributed by atoms with Crippen molar-refractivity contribution in [3.63, 3.8) is 0 Å². The quantitative estimate of drug-likeness (QED) is 0.333. The Kier molecular flexibility index (Phi) is 4.21. The molecule has 0 unspecified atom stereocenters. The van der Waals surface area contributed by atoms with E-state index in [-0.39, 0.29) is 0 Å². The Morgan fingerprint density at radius 3 is 2.09 bits per heavy atom. The van der Waals surface area contributed by atoms with Crippen molar-refractivity contribution in [1.29, 1.82) is 0 Å². The minimum Gasteiger partial charge on any atom is -0.356 e. The van der Waals surface area contributed by atoms with Crippen molar-refractivity contribution in [2.75, 3.05) is 5.32 Å². The number of para-hydroxylation sites is 1. The van der Waals surface area contributed by atoms with Gasteiger partial charge in [-0.25, -0.2) is 0 Å². The fraction of sp³-hybridized carbons (Fsp3) is 0.0323. The molecule has 1 heteroatoms. The van der Waals surface area contributed by atoms with E-state index in [1.165, 1.54) is 27.8 Å². The first-order valence-electron chi connectivity index (χ1n) is 10.7. The summed E-state index contributed by atoms with van der Waals surface area (Å²) in [5.74, 6) is 0. The van der Waals surface area contributed by atoms with Gasteiger partial charge in [-0.3, -0.25) is 0 Å². The van der Waals surface area contributed by atoms with Gasteiger partial charge < -0.3 is 5.32 Å². The molecule has 0 saturated carbocycles. The summed E-state index contributed by atoms with van der Waals surface area (Å²) in [6.07, 6.45) is 0. The normalized spacial score (nSPS) is 12.8. The van der Waals surface area contributed by atoms with Crippen LogP contribution in [0.15, 0.2) is 109 Å². The number of nitrogens with one attached hydrogen (secondary N) is 1. The summed E-state index contributed by atoms with van der Waals surface area (Å²) in [6.45, 7) is 0. The van der Waals surface area contributed by atoms with E-state index < -0.39 is 5.41 Å². The van der Waals surface area contributed by atoms with Gasteiger partial charge >= 0.3 is 0 Å². The average molecular weight is 406 g/mol. The smallest absolute Gasteiger partial charge is 0.0799 e. The van der Waals surface area contributed by atoms with Crippen molar-refractivity contribution in [1.82, 2.24) is 0 Å². The molecule has 6 rings (SSSR count). The third kappa shape index (κ3) is 2.70. The highest BCUT2D eigenvalue weighted by Gasteiger charge is 2.46. The van der Waals surface area contributed by atoms with Crippen LogP contribution in [0.4, 0.5) is 11.4 Å². The van der Waals surface area contributed by atoms with Gasteiger partial charge in [0.05, 0.1) is 5.41 Å². The summed E-state index contributed by atoms with van der Waals surface area (Å²) in [5.41, 5.74) is 8.82. The van der Waals surface area contributed by atoms with Gasteiger partial charge in [-0.15, -0.1) is 0 Å². The molecule has 1 N–H and O–H groups in total. The van der Waals surface area contributed by atoms with Crippen LogP contribution in [0.2, 0.25) is 0 Å². The molecule has 148 valence electrons. The number of fused-ring (bicyclic) bond motifs is 3. The zero-order chi connectivity index (χ0) is 21.4. The van der Waals surface area contributed by atoms with Crippen molar-refractivity contribution < 1.29 is 0 Å². The fourth-order valence-electron chi connectivity index (χ4n) is 4.97. The summed E-state index contributed by atoms with van der Waals surface area (Å²) in [4.78, 5) is 0. The average Bonchev–Trinajstić information content (AvgIpc) is 3.16. The van der Waals surface area contributed by atoms with Crippen LogP contribution in [0.1, 0.15) is 22.3 Å². The van der Waals surface area contributed by atoms with Crippen LogP contribution in [0.3, 0.4) is 0 Å². The molecule has 0 amide bonds. The number of benzene rings is 4. The highest BCUT2D eigenvalue weighted by Crippen LogP contribution is 2.56. The molecule has 1 aliphatic carbocycles. The van der Waals surface area contributed by atoms with Crippen molar-refractivity contribution in [2.24, 2.45) is 0 Å². The van der Waals surface area contributed by atoms with Gasteiger partial charge in [0.2, 0.25) is 0 Å². The third-order valence-electron chi connectivity index (χ3n) is 6.27.